The van der Waals surface area contributed by atoms with Crippen LogP contribution in [0.5, 0.6) is 5.88 Å². The monoisotopic (exact) mass is 373 g/mol. The Bertz CT molecular complexity index is 1000. The van der Waals surface area contributed by atoms with E-state index in [9.17, 15) is 19.5 Å². The van der Waals surface area contributed by atoms with Crippen molar-refractivity contribution >= 4 is 46.8 Å². The molecule has 2 aromatic rings. The minimum absolute atomic E-state index is 0.298. The van der Waals surface area contributed by atoms with Crippen molar-refractivity contribution in [2.75, 3.05) is 0 Å². The number of hydrogen-bond donors (Lipinski definition) is 3. The lowest BCUT2D eigenvalue weighted by Gasteiger charge is -2.09. The predicted octanol–water partition coefficient (Wildman–Crippen LogP) is 1.46. The second kappa shape index (κ2) is 6.96. The predicted molar refractivity (Wildman–Crippen MR) is 97.9 cm³/mol. The van der Waals surface area contributed by atoms with Gasteiger partial charge in [-0.15, -0.1) is 0 Å². The summed E-state index contributed by atoms with van der Waals surface area (Å²) in [7, 11) is 0. The van der Waals surface area contributed by atoms with Gasteiger partial charge in [-0.3, -0.25) is 23.9 Å². The number of nitrogens with one attached hydrogen (secondary N) is 1. The third-order valence-electron chi connectivity index (χ3n) is 3.79. The Kier molecular flexibility index (Phi) is 4.72. The molecule has 0 saturated heterocycles. The highest BCUT2D eigenvalue weighted by Crippen LogP contribution is 2.34. The second-order valence-electron chi connectivity index (χ2n) is 5.64. The molecule has 1 atom stereocenters. The van der Waals surface area contributed by atoms with Gasteiger partial charge >= 0.3 is 10.8 Å². The topological polar surface area (TPSA) is 121 Å². The van der Waals surface area contributed by atoms with Crippen LogP contribution in [-0.4, -0.2) is 38.9 Å². The number of carboxylic acid groups (broad SMARTS) is 1. The van der Waals surface area contributed by atoms with E-state index in [-0.39, 0.29) is 5.88 Å². The lowest BCUT2D eigenvalue weighted by molar-refractivity contribution is -0.141. The van der Waals surface area contributed by atoms with E-state index in [1.807, 2.05) is 24.3 Å². The molecule has 1 amide bonds. The van der Waals surface area contributed by atoms with E-state index in [1.165, 1.54) is 6.92 Å². The fraction of sp³-hybridized carbons (Fsp3) is 0.176. The lowest BCUT2D eigenvalue weighted by Crippen LogP contribution is -2.40. The Balaban J connectivity index is 1.85. The van der Waals surface area contributed by atoms with Crippen LogP contribution < -0.4 is 10.2 Å². The summed E-state index contributed by atoms with van der Waals surface area (Å²) >= 11 is 0.793. The van der Waals surface area contributed by atoms with E-state index in [0.717, 1.165) is 32.7 Å². The number of rotatable bonds is 5. The van der Waals surface area contributed by atoms with Crippen molar-refractivity contribution in [1.29, 1.82) is 0 Å². The Labute approximate surface area is 151 Å². The van der Waals surface area contributed by atoms with Crippen LogP contribution in [0.1, 0.15) is 17.4 Å². The standard InChI is InChI=1S/C17H15N3O5S/c1-9(16(23)24)19-14(21)8-20-15(22)13(26-17(20)25)6-10-7-18-12-5-3-2-4-11(10)12/h2-7,9,22H,8H2,1H3,(H,19,21)(H,23,24)/b10-6+. The molecular formula is C17H15N3O5S. The fourth-order valence-corrected chi connectivity index (χ4v) is 3.27. The quantitative estimate of drug-likeness (QED) is 0.733. The molecule has 1 aromatic carbocycles. The summed E-state index contributed by atoms with van der Waals surface area (Å²) in [6, 6.07) is 6.37. The zero-order valence-electron chi connectivity index (χ0n) is 13.7. The molecule has 9 heteroatoms. The number of amides is 1. The average molecular weight is 373 g/mol. The molecule has 8 nitrogen and oxygen atoms in total. The number of benzene rings is 1. The molecule has 0 bridgehead atoms. The Morgan fingerprint density at radius 1 is 1.38 bits per heavy atom. The van der Waals surface area contributed by atoms with Crippen molar-refractivity contribution < 1.29 is 19.8 Å². The number of aromatic hydroxyl groups is 1. The lowest BCUT2D eigenvalue weighted by atomic mass is 10.1. The summed E-state index contributed by atoms with van der Waals surface area (Å²) in [5, 5.41) is 21.3. The van der Waals surface area contributed by atoms with Gasteiger partial charge in [0.25, 0.3) is 0 Å². The van der Waals surface area contributed by atoms with Crippen LogP contribution in [0.2, 0.25) is 0 Å². The van der Waals surface area contributed by atoms with Crippen molar-refractivity contribution in [1.82, 2.24) is 9.88 Å². The number of hydrogen-bond acceptors (Lipinski definition) is 6. The summed E-state index contributed by atoms with van der Waals surface area (Å²) in [5.74, 6) is -2.21. The van der Waals surface area contributed by atoms with Crippen LogP contribution in [0.15, 0.2) is 34.1 Å². The number of thiazole rings is 1. The second-order valence-corrected chi connectivity index (χ2v) is 6.64. The van der Waals surface area contributed by atoms with Gasteiger partial charge in [0.1, 0.15) is 12.6 Å². The number of fused-ring (bicyclic) bond motifs is 1. The zero-order chi connectivity index (χ0) is 18.8. The molecule has 134 valence electrons. The number of nitrogens with zero attached hydrogens (tertiary/aromatic N) is 2. The van der Waals surface area contributed by atoms with Crippen molar-refractivity contribution in [2.24, 2.45) is 4.99 Å². The molecule has 2 heterocycles. The number of aliphatic carboxylic acids is 1. The third kappa shape index (κ3) is 3.42. The summed E-state index contributed by atoms with van der Waals surface area (Å²) < 4.78 is 0.902. The Hall–Kier alpha value is -3.20. The maximum absolute atomic E-state index is 12.1. The number of aromatic nitrogens is 1. The van der Waals surface area contributed by atoms with Crippen molar-refractivity contribution in [2.45, 2.75) is 19.5 Å². The molecule has 1 aliphatic rings. The number of para-hydroxylation sites is 1. The molecule has 26 heavy (non-hydrogen) atoms. The van der Waals surface area contributed by atoms with Gasteiger partial charge in [-0.25, -0.2) is 0 Å². The summed E-state index contributed by atoms with van der Waals surface area (Å²) in [5.41, 5.74) is 2.42. The van der Waals surface area contributed by atoms with E-state index in [0.29, 0.717) is 4.88 Å². The molecule has 0 fully saturated rings. The number of carboxylic acids is 1. The average Bonchev–Trinajstić information content (AvgIpc) is 3.11. The summed E-state index contributed by atoms with van der Waals surface area (Å²) in [6.45, 7) is 0.843. The first-order valence-electron chi connectivity index (χ1n) is 7.66. The van der Waals surface area contributed by atoms with Gasteiger partial charge in [0.05, 0.1) is 10.6 Å². The van der Waals surface area contributed by atoms with E-state index in [4.69, 9.17) is 5.11 Å². The summed E-state index contributed by atoms with van der Waals surface area (Å²) in [6.07, 6.45) is 3.27. The smallest absolute Gasteiger partial charge is 0.325 e. The molecule has 3 rings (SSSR count). The van der Waals surface area contributed by atoms with Crippen molar-refractivity contribution in [3.8, 4) is 5.88 Å². The van der Waals surface area contributed by atoms with Crippen LogP contribution in [0.4, 0.5) is 5.69 Å². The molecule has 0 spiro atoms. The number of carbonyl (C=O) groups is 2. The van der Waals surface area contributed by atoms with Crippen LogP contribution >= 0.6 is 11.3 Å². The first kappa shape index (κ1) is 17.6. The van der Waals surface area contributed by atoms with E-state index >= 15 is 0 Å². The molecular weight excluding hydrogens is 358 g/mol. The van der Waals surface area contributed by atoms with Gasteiger partial charge in [-0.2, -0.15) is 0 Å². The molecule has 1 aliphatic heterocycles. The molecule has 0 saturated carbocycles. The molecule has 3 N–H and O–H groups in total. The van der Waals surface area contributed by atoms with E-state index in [1.54, 1.807) is 12.3 Å². The minimum atomic E-state index is -1.19. The first-order valence-corrected chi connectivity index (χ1v) is 8.48. The maximum Gasteiger partial charge on any atom is 0.325 e. The normalized spacial score (nSPS) is 15.0. The maximum atomic E-state index is 12.1. The largest absolute Gasteiger partial charge is 0.493 e. The third-order valence-corrected chi connectivity index (χ3v) is 4.70. The number of allylic oxidation sites excluding steroid dienone is 1. The van der Waals surface area contributed by atoms with E-state index in [2.05, 4.69) is 10.3 Å². The Morgan fingerprint density at radius 3 is 2.85 bits per heavy atom. The van der Waals surface area contributed by atoms with Gasteiger partial charge in [0, 0.05) is 17.4 Å². The minimum Gasteiger partial charge on any atom is -0.493 e. The fourth-order valence-electron chi connectivity index (χ4n) is 2.44. The van der Waals surface area contributed by atoms with Crippen molar-refractivity contribution in [3.05, 3.63) is 44.4 Å². The van der Waals surface area contributed by atoms with Crippen LogP contribution in [0, 0.1) is 0 Å². The molecule has 0 radical (unpaired) electrons. The number of carbonyl (C=O) groups excluding carboxylic acids is 1. The van der Waals surface area contributed by atoms with Crippen LogP contribution in [0.25, 0.3) is 11.6 Å². The molecule has 0 aliphatic carbocycles. The zero-order valence-corrected chi connectivity index (χ0v) is 14.5. The van der Waals surface area contributed by atoms with E-state index < -0.39 is 29.3 Å². The van der Waals surface area contributed by atoms with Gasteiger partial charge in [-0.05, 0) is 19.1 Å². The van der Waals surface area contributed by atoms with Gasteiger partial charge in [-0.1, -0.05) is 29.5 Å². The Morgan fingerprint density at radius 2 is 2.12 bits per heavy atom. The van der Waals surface area contributed by atoms with Crippen LogP contribution in [0.3, 0.4) is 0 Å². The number of aliphatic imine (C=N–C) groups is 1. The highest BCUT2D eigenvalue weighted by Gasteiger charge is 2.20. The molecule has 1 aromatic heterocycles. The van der Waals surface area contributed by atoms with Gasteiger partial charge < -0.3 is 15.5 Å². The summed E-state index contributed by atoms with van der Waals surface area (Å²) in [4.78, 5) is 38.8. The first-order chi connectivity index (χ1) is 12.4. The highest BCUT2D eigenvalue weighted by atomic mass is 32.1. The van der Waals surface area contributed by atoms with Crippen LogP contribution in [-0.2, 0) is 16.1 Å². The van der Waals surface area contributed by atoms with Crippen molar-refractivity contribution in [3.63, 3.8) is 0 Å². The highest BCUT2D eigenvalue weighted by molar-refractivity contribution is 7.10. The van der Waals surface area contributed by atoms with Gasteiger partial charge in [0.15, 0.2) is 0 Å². The SMILES string of the molecule is CC(NC(=O)Cn1c(O)c(/C=C2\C=Nc3ccccc32)sc1=O)C(=O)O. The van der Waals surface area contributed by atoms with Gasteiger partial charge in [0.2, 0.25) is 11.8 Å². The molecule has 1 unspecified atom stereocenters.